The molecule has 2 aliphatic rings. The molecular formula is C17H20N2O. The average Bonchev–Trinajstić information content (AvgIpc) is 2.48. The van der Waals surface area contributed by atoms with Gasteiger partial charge in [0.2, 0.25) is 5.91 Å². The smallest absolute Gasteiger partial charge is 0.240 e. The van der Waals surface area contributed by atoms with Gasteiger partial charge < -0.3 is 0 Å². The van der Waals surface area contributed by atoms with Crippen LogP contribution in [0.15, 0.2) is 35.4 Å². The summed E-state index contributed by atoms with van der Waals surface area (Å²) in [5, 5.41) is 4.21. The highest BCUT2D eigenvalue weighted by Gasteiger charge is 2.21. The summed E-state index contributed by atoms with van der Waals surface area (Å²) in [6, 6.07) is 8.60. The van der Waals surface area contributed by atoms with Gasteiger partial charge in [0.05, 0.1) is 5.71 Å². The van der Waals surface area contributed by atoms with Gasteiger partial charge in [-0.1, -0.05) is 37.3 Å². The molecule has 1 heterocycles. The van der Waals surface area contributed by atoms with E-state index in [9.17, 15) is 4.79 Å². The summed E-state index contributed by atoms with van der Waals surface area (Å²) in [5.74, 6) is 0.189. The van der Waals surface area contributed by atoms with Gasteiger partial charge in [-0.3, -0.25) is 4.79 Å². The maximum atomic E-state index is 11.3. The Hall–Kier alpha value is -1.90. The van der Waals surface area contributed by atoms with E-state index in [1.807, 2.05) is 0 Å². The van der Waals surface area contributed by atoms with Crippen molar-refractivity contribution in [1.82, 2.24) is 5.43 Å². The van der Waals surface area contributed by atoms with Crippen molar-refractivity contribution in [3.8, 4) is 0 Å². The summed E-state index contributed by atoms with van der Waals surface area (Å²) in [6.45, 7) is 2.05. The zero-order valence-corrected chi connectivity index (χ0v) is 11.9. The fraction of sp³-hybridized carbons (Fsp3) is 0.412. The number of nitrogens with one attached hydrogen (secondary N) is 1. The third-order valence-electron chi connectivity index (χ3n) is 4.10. The van der Waals surface area contributed by atoms with Crippen LogP contribution in [-0.2, 0) is 4.79 Å². The Morgan fingerprint density at radius 1 is 1.15 bits per heavy atom. The highest BCUT2D eigenvalue weighted by Crippen LogP contribution is 2.27. The van der Waals surface area contributed by atoms with Crippen LogP contribution in [0.25, 0.3) is 5.57 Å². The first-order chi connectivity index (χ1) is 9.74. The minimum absolute atomic E-state index is 0.00484. The Balaban J connectivity index is 1.82. The van der Waals surface area contributed by atoms with E-state index < -0.39 is 0 Å². The Morgan fingerprint density at radius 3 is 2.55 bits per heavy atom. The van der Waals surface area contributed by atoms with Crippen molar-refractivity contribution in [2.45, 2.75) is 39.0 Å². The molecule has 3 rings (SSSR count). The maximum absolute atomic E-state index is 11.3. The van der Waals surface area contributed by atoms with Gasteiger partial charge in [0.25, 0.3) is 0 Å². The lowest BCUT2D eigenvalue weighted by molar-refractivity contribution is -0.121. The lowest BCUT2D eigenvalue weighted by Crippen LogP contribution is -2.31. The van der Waals surface area contributed by atoms with E-state index in [4.69, 9.17) is 0 Å². The van der Waals surface area contributed by atoms with Crippen LogP contribution in [0.2, 0.25) is 0 Å². The number of benzene rings is 1. The predicted octanol–water partition coefficient (Wildman–Crippen LogP) is 3.50. The molecule has 0 bridgehead atoms. The van der Waals surface area contributed by atoms with Gasteiger partial charge >= 0.3 is 0 Å². The zero-order valence-electron chi connectivity index (χ0n) is 11.9. The summed E-state index contributed by atoms with van der Waals surface area (Å²) in [7, 11) is 0. The number of rotatable bonds is 2. The van der Waals surface area contributed by atoms with Crippen LogP contribution >= 0.6 is 0 Å². The molecule has 1 unspecified atom stereocenters. The van der Waals surface area contributed by atoms with Crippen molar-refractivity contribution in [1.29, 1.82) is 0 Å². The number of hydrogen-bond donors (Lipinski definition) is 1. The molecule has 3 heteroatoms. The maximum Gasteiger partial charge on any atom is 0.240 e. The molecule has 104 valence electrons. The first kappa shape index (κ1) is 13.1. The molecule has 1 N–H and O–H groups in total. The summed E-state index contributed by atoms with van der Waals surface area (Å²) < 4.78 is 0. The molecule has 1 atom stereocenters. The topological polar surface area (TPSA) is 41.5 Å². The monoisotopic (exact) mass is 268 g/mol. The lowest BCUT2D eigenvalue weighted by Gasteiger charge is -2.19. The molecule has 0 aromatic heterocycles. The van der Waals surface area contributed by atoms with Crippen LogP contribution in [0.3, 0.4) is 0 Å². The minimum atomic E-state index is 0.00484. The Labute approximate surface area is 119 Å². The van der Waals surface area contributed by atoms with Crippen molar-refractivity contribution >= 4 is 17.2 Å². The molecule has 3 nitrogen and oxygen atoms in total. The second kappa shape index (κ2) is 5.61. The van der Waals surface area contributed by atoms with Crippen molar-refractivity contribution in [2.24, 2.45) is 11.0 Å². The van der Waals surface area contributed by atoms with Crippen LogP contribution in [0.4, 0.5) is 0 Å². The SMILES string of the molecule is CC1CC(=O)NN=C1c1ccc(C2=CCCCC2)cc1. The summed E-state index contributed by atoms with van der Waals surface area (Å²) in [4.78, 5) is 11.3. The number of nitrogens with zero attached hydrogens (tertiary/aromatic N) is 1. The molecule has 1 aromatic rings. The third kappa shape index (κ3) is 2.67. The molecule has 1 aromatic carbocycles. The van der Waals surface area contributed by atoms with Gasteiger partial charge in [-0.15, -0.1) is 0 Å². The first-order valence-electron chi connectivity index (χ1n) is 7.40. The van der Waals surface area contributed by atoms with Gasteiger partial charge in [0.15, 0.2) is 0 Å². The zero-order chi connectivity index (χ0) is 13.9. The molecule has 1 amide bonds. The number of amides is 1. The Kier molecular flexibility index (Phi) is 3.68. The fourth-order valence-electron chi connectivity index (χ4n) is 2.96. The second-order valence-corrected chi connectivity index (χ2v) is 5.69. The molecule has 0 saturated heterocycles. The average molecular weight is 268 g/mol. The van der Waals surface area contributed by atoms with Crippen LogP contribution in [0, 0.1) is 5.92 Å². The van der Waals surface area contributed by atoms with Gasteiger partial charge in [-0.2, -0.15) is 5.10 Å². The number of allylic oxidation sites excluding steroid dienone is 2. The number of hydrogen-bond acceptors (Lipinski definition) is 2. The van der Waals surface area contributed by atoms with Crippen molar-refractivity contribution in [2.75, 3.05) is 0 Å². The van der Waals surface area contributed by atoms with E-state index in [0.717, 1.165) is 11.3 Å². The number of carbonyl (C=O) groups is 1. The van der Waals surface area contributed by atoms with Crippen molar-refractivity contribution < 1.29 is 4.79 Å². The molecule has 1 aliphatic heterocycles. The Bertz CT molecular complexity index is 569. The van der Waals surface area contributed by atoms with Crippen LogP contribution in [-0.4, -0.2) is 11.6 Å². The fourth-order valence-corrected chi connectivity index (χ4v) is 2.96. The van der Waals surface area contributed by atoms with E-state index in [-0.39, 0.29) is 11.8 Å². The second-order valence-electron chi connectivity index (χ2n) is 5.69. The molecule has 0 saturated carbocycles. The molecule has 20 heavy (non-hydrogen) atoms. The third-order valence-corrected chi connectivity index (χ3v) is 4.10. The van der Waals surface area contributed by atoms with Gasteiger partial charge in [0, 0.05) is 12.3 Å². The normalized spacial score (nSPS) is 22.9. The summed E-state index contributed by atoms with van der Waals surface area (Å²) in [5.41, 5.74) is 7.45. The minimum Gasteiger partial charge on any atom is -0.273 e. The van der Waals surface area contributed by atoms with Gasteiger partial charge in [0.1, 0.15) is 0 Å². The van der Waals surface area contributed by atoms with E-state index >= 15 is 0 Å². The van der Waals surface area contributed by atoms with Crippen molar-refractivity contribution in [3.05, 3.63) is 41.5 Å². The standard InChI is InChI=1S/C17H20N2O/c1-12-11-16(20)18-19-17(12)15-9-7-14(8-10-15)13-5-3-2-4-6-13/h5,7-10,12H,2-4,6,11H2,1H3,(H,18,20). The van der Waals surface area contributed by atoms with Crippen LogP contribution in [0.1, 0.15) is 50.2 Å². The molecule has 0 spiro atoms. The highest BCUT2D eigenvalue weighted by molar-refractivity contribution is 6.05. The largest absolute Gasteiger partial charge is 0.273 e. The van der Waals surface area contributed by atoms with Crippen molar-refractivity contribution in [3.63, 3.8) is 0 Å². The molecule has 0 fully saturated rings. The predicted molar refractivity (Wildman–Crippen MR) is 81.3 cm³/mol. The van der Waals surface area contributed by atoms with Crippen LogP contribution in [0.5, 0.6) is 0 Å². The molecule has 1 aliphatic carbocycles. The van der Waals surface area contributed by atoms with E-state index in [0.29, 0.717) is 6.42 Å². The first-order valence-corrected chi connectivity index (χ1v) is 7.40. The van der Waals surface area contributed by atoms with E-state index in [1.165, 1.54) is 36.8 Å². The van der Waals surface area contributed by atoms with Gasteiger partial charge in [-0.25, -0.2) is 5.43 Å². The molecular weight excluding hydrogens is 248 g/mol. The summed E-state index contributed by atoms with van der Waals surface area (Å²) >= 11 is 0. The molecule has 0 radical (unpaired) electrons. The lowest BCUT2D eigenvalue weighted by atomic mass is 9.90. The number of carbonyl (C=O) groups excluding carboxylic acids is 1. The van der Waals surface area contributed by atoms with Crippen LogP contribution < -0.4 is 5.43 Å². The van der Waals surface area contributed by atoms with E-state index in [1.54, 1.807) is 0 Å². The van der Waals surface area contributed by atoms with Gasteiger partial charge in [-0.05, 0) is 42.4 Å². The quantitative estimate of drug-likeness (QED) is 0.876. The van der Waals surface area contributed by atoms with E-state index in [2.05, 4.69) is 47.8 Å². The number of hydrazone groups is 1. The summed E-state index contributed by atoms with van der Waals surface area (Å²) in [6.07, 6.45) is 7.88. The highest BCUT2D eigenvalue weighted by atomic mass is 16.2. The Morgan fingerprint density at radius 2 is 1.90 bits per heavy atom.